The average molecular weight is 184 g/mol. The van der Waals surface area contributed by atoms with Crippen molar-refractivity contribution >= 4 is 0 Å². The third-order valence-corrected chi connectivity index (χ3v) is 3.27. The second-order valence-corrected chi connectivity index (χ2v) is 4.10. The quantitative estimate of drug-likeness (QED) is 0.682. The van der Waals surface area contributed by atoms with Crippen molar-refractivity contribution in [2.45, 2.75) is 37.8 Å². The molecule has 2 saturated heterocycles. The number of hydrogen-bond acceptors (Lipinski definition) is 3. The topological polar surface area (TPSA) is 38.5 Å². The van der Waals surface area contributed by atoms with Gasteiger partial charge in [-0.15, -0.1) is 0 Å². The van der Waals surface area contributed by atoms with Gasteiger partial charge in [0.1, 0.15) is 0 Å². The van der Waals surface area contributed by atoms with Crippen LogP contribution in [0.4, 0.5) is 0 Å². The van der Waals surface area contributed by atoms with E-state index in [4.69, 9.17) is 10.5 Å². The van der Waals surface area contributed by atoms with Crippen LogP contribution in [-0.4, -0.2) is 43.3 Å². The number of piperidine rings is 1. The fraction of sp³-hybridized carbons (Fsp3) is 1.00. The summed E-state index contributed by atoms with van der Waals surface area (Å²) in [4.78, 5) is 2.58. The molecular formula is C10H20N2O. The van der Waals surface area contributed by atoms with Crippen LogP contribution in [0.5, 0.6) is 0 Å². The second-order valence-electron chi connectivity index (χ2n) is 4.10. The maximum absolute atomic E-state index is 5.68. The Kier molecular flexibility index (Phi) is 3.19. The van der Waals surface area contributed by atoms with Gasteiger partial charge in [-0.05, 0) is 32.4 Å². The molecule has 0 aromatic rings. The summed E-state index contributed by atoms with van der Waals surface area (Å²) in [6.07, 6.45) is 5.60. The largest absolute Gasteiger partial charge is 0.375 e. The van der Waals surface area contributed by atoms with Gasteiger partial charge < -0.3 is 10.5 Å². The summed E-state index contributed by atoms with van der Waals surface area (Å²) in [7, 11) is 0. The Bertz CT molecular complexity index is 157. The zero-order valence-electron chi connectivity index (χ0n) is 8.24. The van der Waals surface area contributed by atoms with Crippen LogP contribution in [-0.2, 0) is 4.74 Å². The molecule has 0 saturated carbocycles. The minimum Gasteiger partial charge on any atom is -0.375 e. The molecular weight excluding hydrogens is 164 g/mol. The molecule has 0 bridgehead atoms. The molecule has 0 aromatic carbocycles. The Morgan fingerprint density at radius 3 is 2.69 bits per heavy atom. The minimum absolute atomic E-state index is 0.304. The van der Waals surface area contributed by atoms with E-state index in [9.17, 15) is 0 Å². The first kappa shape index (κ1) is 9.44. The zero-order valence-corrected chi connectivity index (χ0v) is 8.24. The first-order valence-electron chi connectivity index (χ1n) is 5.47. The Morgan fingerprint density at radius 2 is 2.00 bits per heavy atom. The third-order valence-electron chi connectivity index (χ3n) is 3.27. The molecule has 0 spiro atoms. The standard InChI is InChI=1S/C10H20N2O/c11-8-10-9(4-7-13-10)12-5-2-1-3-6-12/h9-10H,1-8,11H2/t9-,10-/m1/s1. The van der Waals surface area contributed by atoms with E-state index in [-0.39, 0.29) is 0 Å². The Morgan fingerprint density at radius 1 is 1.23 bits per heavy atom. The smallest absolute Gasteiger partial charge is 0.0852 e. The summed E-state index contributed by atoms with van der Waals surface area (Å²) in [6.45, 7) is 4.10. The molecule has 3 heteroatoms. The zero-order chi connectivity index (χ0) is 9.10. The molecule has 2 rings (SSSR count). The van der Waals surface area contributed by atoms with Crippen molar-refractivity contribution in [3.63, 3.8) is 0 Å². The molecule has 0 amide bonds. The number of nitrogens with zero attached hydrogens (tertiary/aromatic N) is 1. The number of hydrogen-bond donors (Lipinski definition) is 1. The SMILES string of the molecule is NC[C@H]1OCC[C@H]1N1CCCCC1. The van der Waals surface area contributed by atoms with Gasteiger partial charge in [-0.1, -0.05) is 6.42 Å². The predicted molar refractivity (Wildman–Crippen MR) is 52.6 cm³/mol. The molecule has 0 unspecified atom stereocenters. The Hall–Kier alpha value is -0.120. The maximum Gasteiger partial charge on any atom is 0.0852 e. The molecule has 2 atom stereocenters. The third kappa shape index (κ3) is 2.03. The molecule has 2 fully saturated rings. The van der Waals surface area contributed by atoms with E-state index < -0.39 is 0 Å². The first-order chi connectivity index (χ1) is 6.42. The summed E-state index contributed by atoms with van der Waals surface area (Å²) >= 11 is 0. The Labute approximate surface area is 80.2 Å². The summed E-state index contributed by atoms with van der Waals surface area (Å²) < 4.78 is 5.60. The van der Waals surface area contributed by atoms with Crippen molar-refractivity contribution < 1.29 is 4.74 Å². The lowest BCUT2D eigenvalue weighted by Gasteiger charge is -2.34. The highest BCUT2D eigenvalue weighted by atomic mass is 16.5. The van der Waals surface area contributed by atoms with Crippen molar-refractivity contribution in [2.24, 2.45) is 5.73 Å². The van der Waals surface area contributed by atoms with E-state index in [1.807, 2.05) is 0 Å². The molecule has 2 aliphatic heterocycles. The molecule has 2 heterocycles. The number of ether oxygens (including phenoxy) is 1. The van der Waals surface area contributed by atoms with E-state index in [1.54, 1.807) is 0 Å². The molecule has 0 aromatic heterocycles. The van der Waals surface area contributed by atoms with Crippen LogP contribution in [0.3, 0.4) is 0 Å². The van der Waals surface area contributed by atoms with Gasteiger partial charge in [-0.25, -0.2) is 0 Å². The first-order valence-corrected chi connectivity index (χ1v) is 5.47. The van der Waals surface area contributed by atoms with Gasteiger partial charge in [0, 0.05) is 19.2 Å². The van der Waals surface area contributed by atoms with Gasteiger partial charge in [-0.3, -0.25) is 4.90 Å². The van der Waals surface area contributed by atoms with Gasteiger partial charge >= 0.3 is 0 Å². The minimum atomic E-state index is 0.304. The van der Waals surface area contributed by atoms with Crippen molar-refractivity contribution in [3.05, 3.63) is 0 Å². The summed E-state index contributed by atoms with van der Waals surface area (Å²) in [5.41, 5.74) is 5.68. The van der Waals surface area contributed by atoms with E-state index in [0.717, 1.165) is 6.61 Å². The average Bonchev–Trinajstić information content (AvgIpc) is 2.67. The van der Waals surface area contributed by atoms with Gasteiger partial charge in [-0.2, -0.15) is 0 Å². The van der Waals surface area contributed by atoms with Crippen molar-refractivity contribution in [1.29, 1.82) is 0 Å². The summed E-state index contributed by atoms with van der Waals surface area (Å²) in [5.74, 6) is 0. The molecule has 0 aliphatic carbocycles. The van der Waals surface area contributed by atoms with Crippen molar-refractivity contribution in [1.82, 2.24) is 4.90 Å². The second kappa shape index (κ2) is 4.40. The lowest BCUT2D eigenvalue weighted by molar-refractivity contribution is 0.0592. The number of nitrogens with two attached hydrogens (primary N) is 1. The van der Waals surface area contributed by atoms with Crippen molar-refractivity contribution in [2.75, 3.05) is 26.2 Å². The highest BCUT2D eigenvalue weighted by molar-refractivity contribution is 4.86. The highest BCUT2D eigenvalue weighted by Gasteiger charge is 2.32. The van der Waals surface area contributed by atoms with Crippen molar-refractivity contribution in [3.8, 4) is 0 Å². The summed E-state index contributed by atoms with van der Waals surface area (Å²) in [6, 6.07) is 0.616. The van der Waals surface area contributed by atoms with E-state index in [0.29, 0.717) is 18.7 Å². The van der Waals surface area contributed by atoms with Gasteiger partial charge in [0.15, 0.2) is 0 Å². The lowest BCUT2D eigenvalue weighted by Crippen LogP contribution is -2.46. The molecule has 13 heavy (non-hydrogen) atoms. The molecule has 0 radical (unpaired) electrons. The number of rotatable bonds is 2. The molecule has 2 N–H and O–H groups in total. The normalized spacial score (nSPS) is 36.7. The lowest BCUT2D eigenvalue weighted by atomic mass is 10.0. The van der Waals surface area contributed by atoms with Gasteiger partial charge in [0.05, 0.1) is 6.10 Å². The molecule has 76 valence electrons. The van der Waals surface area contributed by atoms with Gasteiger partial charge in [0.2, 0.25) is 0 Å². The van der Waals surface area contributed by atoms with Crippen LogP contribution in [0.1, 0.15) is 25.7 Å². The molecule has 2 aliphatic rings. The van der Waals surface area contributed by atoms with E-state index >= 15 is 0 Å². The van der Waals surface area contributed by atoms with Crippen LogP contribution in [0, 0.1) is 0 Å². The van der Waals surface area contributed by atoms with Crippen LogP contribution in [0.2, 0.25) is 0 Å². The van der Waals surface area contributed by atoms with Crippen LogP contribution in [0.15, 0.2) is 0 Å². The highest BCUT2D eigenvalue weighted by Crippen LogP contribution is 2.22. The van der Waals surface area contributed by atoms with Crippen LogP contribution >= 0.6 is 0 Å². The maximum atomic E-state index is 5.68. The monoisotopic (exact) mass is 184 g/mol. The molecule has 3 nitrogen and oxygen atoms in total. The van der Waals surface area contributed by atoms with E-state index in [2.05, 4.69) is 4.90 Å². The van der Waals surface area contributed by atoms with E-state index in [1.165, 1.54) is 38.8 Å². The fourth-order valence-corrected chi connectivity index (χ4v) is 2.53. The number of likely N-dealkylation sites (tertiary alicyclic amines) is 1. The predicted octanol–water partition coefficient (Wildman–Crippen LogP) is 0.588. The van der Waals surface area contributed by atoms with Crippen LogP contribution < -0.4 is 5.73 Å². The Balaban J connectivity index is 1.90. The van der Waals surface area contributed by atoms with Crippen LogP contribution in [0.25, 0.3) is 0 Å². The van der Waals surface area contributed by atoms with Gasteiger partial charge in [0.25, 0.3) is 0 Å². The summed E-state index contributed by atoms with van der Waals surface area (Å²) in [5, 5.41) is 0. The fourth-order valence-electron chi connectivity index (χ4n) is 2.53.